The summed E-state index contributed by atoms with van der Waals surface area (Å²) in [5.74, 6) is 1.38. The van der Waals surface area contributed by atoms with E-state index in [0.29, 0.717) is 30.2 Å². The lowest BCUT2D eigenvalue weighted by Gasteiger charge is -2.16. The lowest BCUT2D eigenvalue weighted by Crippen LogP contribution is -2.40. The van der Waals surface area contributed by atoms with Crippen LogP contribution < -0.4 is 15.4 Å². The van der Waals surface area contributed by atoms with Gasteiger partial charge in [-0.05, 0) is 38.8 Å². The number of carbonyl (C=O) groups is 1. The van der Waals surface area contributed by atoms with Gasteiger partial charge in [0.05, 0.1) is 19.3 Å². The molecule has 2 aromatic rings. The van der Waals surface area contributed by atoms with E-state index in [4.69, 9.17) is 9.15 Å². The quantitative estimate of drug-likeness (QED) is 0.728. The molecule has 3 N–H and O–H groups in total. The van der Waals surface area contributed by atoms with Gasteiger partial charge in [-0.25, -0.2) is 4.79 Å². The topological polar surface area (TPSA) is 83.7 Å². The maximum Gasteiger partial charge on any atom is 0.315 e. The first-order valence-corrected chi connectivity index (χ1v) is 8.37. The van der Waals surface area contributed by atoms with Crippen LogP contribution in [0.2, 0.25) is 0 Å². The minimum absolute atomic E-state index is 0.105. The molecule has 1 atom stereocenters. The Morgan fingerprint density at radius 2 is 2.25 bits per heavy atom. The van der Waals surface area contributed by atoms with Crippen molar-refractivity contribution >= 4 is 17.0 Å². The van der Waals surface area contributed by atoms with Crippen LogP contribution in [-0.4, -0.2) is 30.9 Å². The summed E-state index contributed by atoms with van der Waals surface area (Å²) in [6.45, 7) is 4.98. The van der Waals surface area contributed by atoms with E-state index < -0.39 is 0 Å². The molecule has 1 saturated carbocycles. The molecule has 0 spiro atoms. The maximum absolute atomic E-state index is 12.0. The summed E-state index contributed by atoms with van der Waals surface area (Å²) in [6, 6.07) is 7.13. The molecule has 0 bridgehead atoms. The number of benzene rings is 1. The first-order valence-electron chi connectivity index (χ1n) is 8.37. The van der Waals surface area contributed by atoms with Crippen molar-refractivity contribution in [3.05, 3.63) is 30.0 Å². The molecule has 1 aliphatic carbocycles. The number of ether oxygens (including phenoxy) is 1. The number of hydrogen-bond donors (Lipinski definition) is 3. The molecular formula is C18H24N2O4. The minimum atomic E-state index is -0.267. The third kappa shape index (κ3) is 3.48. The van der Waals surface area contributed by atoms with Gasteiger partial charge in [-0.2, -0.15) is 0 Å². The van der Waals surface area contributed by atoms with Crippen LogP contribution in [0.5, 0.6) is 5.75 Å². The monoisotopic (exact) mass is 332 g/mol. The van der Waals surface area contributed by atoms with Gasteiger partial charge in [-0.3, -0.25) is 0 Å². The summed E-state index contributed by atoms with van der Waals surface area (Å²) in [5.41, 5.74) is 0.590. The molecule has 2 amide bonds. The summed E-state index contributed by atoms with van der Waals surface area (Å²) in [6.07, 6.45) is 1.92. The van der Waals surface area contributed by atoms with Crippen LogP contribution >= 0.6 is 0 Å². The minimum Gasteiger partial charge on any atom is -0.490 e. The number of rotatable bonds is 7. The number of fused-ring (bicyclic) bond motifs is 1. The number of para-hydroxylation sites is 1. The fourth-order valence-corrected chi connectivity index (χ4v) is 2.69. The highest BCUT2D eigenvalue weighted by Crippen LogP contribution is 2.44. The van der Waals surface area contributed by atoms with Gasteiger partial charge >= 0.3 is 6.03 Å². The van der Waals surface area contributed by atoms with E-state index >= 15 is 0 Å². The van der Waals surface area contributed by atoms with Crippen molar-refractivity contribution in [1.29, 1.82) is 0 Å². The Morgan fingerprint density at radius 1 is 1.46 bits per heavy atom. The van der Waals surface area contributed by atoms with Crippen molar-refractivity contribution < 1.29 is 19.1 Å². The van der Waals surface area contributed by atoms with Crippen LogP contribution in [0.4, 0.5) is 4.79 Å². The van der Waals surface area contributed by atoms with E-state index in [1.54, 1.807) is 0 Å². The largest absolute Gasteiger partial charge is 0.490 e. The van der Waals surface area contributed by atoms with E-state index in [1.807, 2.05) is 38.1 Å². The molecule has 0 radical (unpaired) electrons. The Labute approximate surface area is 141 Å². The first kappa shape index (κ1) is 16.6. The SMILES string of the molecule is CCOc1cccc2cc(C(C)NC(=O)NCC3(CO)CC3)oc12. The smallest absolute Gasteiger partial charge is 0.315 e. The molecule has 1 heterocycles. The van der Waals surface area contributed by atoms with Crippen LogP contribution in [0.1, 0.15) is 38.5 Å². The van der Waals surface area contributed by atoms with Crippen LogP contribution in [0.25, 0.3) is 11.0 Å². The summed E-state index contributed by atoms with van der Waals surface area (Å²) < 4.78 is 11.5. The molecule has 6 nitrogen and oxygen atoms in total. The standard InChI is InChI=1S/C18H24N2O4/c1-3-23-14-6-4-5-13-9-15(24-16(13)14)12(2)20-17(22)19-10-18(11-21)7-8-18/h4-6,9,12,21H,3,7-8,10-11H2,1-2H3,(H2,19,20,22). The third-order valence-corrected chi connectivity index (χ3v) is 4.52. The maximum atomic E-state index is 12.0. The van der Waals surface area contributed by atoms with Crippen LogP contribution in [0, 0.1) is 5.41 Å². The van der Waals surface area contributed by atoms with Crippen molar-refractivity contribution in [2.24, 2.45) is 5.41 Å². The molecule has 3 rings (SSSR count). The van der Waals surface area contributed by atoms with Gasteiger partial charge in [0.2, 0.25) is 0 Å². The average Bonchev–Trinajstić information content (AvgIpc) is 3.22. The first-order chi connectivity index (χ1) is 11.6. The van der Waals surface area contributed by atoms with E-state index in [-0.39, 0.29) is 24.1 Å². The molecule has 1 aliphatic rings. The van der Waals surface area contributed by atoms with Gasteiger partial charge in [-0.1, -0.05) is 12.1 Å². The van der Waals surface area contributed by atoms with Crippen molar-refractivity contribution in [2.75, 3.05) is 19.8 Å². The molecule has 0 saturated heterocycles. The van der Waals surface area contributed by atoms with Gasteiger partial charge in [0.1, 0.15) is 5.76 Å². The Bertz CT molecular complexity index is 721. The van der Waals surface area contributed by atoms with E-state index in [1.165, 1.54) is 0 Å². The molecule has 1 aromatic heterocycles. The van der Waals surface area contributed by atoms with Crippen molar-refractivity contribution in [1.82, 2.24) is 10.6 Å². The zero-order valence-corrected chi connectivity index (χ0v) is 14.1. The number of hydrogen-bond acceptors (Lipinski definition) is 4. The highest BCUT2D eigenvalue weighted by atomic mass is 16.5. The van der Waals surface area contributed by atoms with Gasteiger partial charge in [0, 0.05) is 17.3 Å². The molecular weight excluding hydrogens is 308 g/mol. The van der Waals surface area contributed by atoms with E-state index in [9.17, 15) is 9.90 Å². The Morgan fingerprint density at radius 3 is 2.92 bits per heavy atom. The Balaban J connectivity index is 1.64. The lowest BCUT2D eigenvalue weighted by atomic mass is 10.1. The normalized spacial score (nSPS) is 16.6. The fourth-order valence-electron chi connectivity index (χ4n) is 2.69. The van der Waals surface area contributed by atoms with Crippen molar-refractivity contribution in [2.45, 2.75) is 32.7 Å². The number of carbonyl (C=O) groups excluding carboxylic acids is 1. The number of nitrogens with one attached hydrogen (secondary N) is 2. The summed E-state index contributed by atoms with van der Waals surface area (Å²) in [4.78, 5) is 12.0. The summed E-state index contributed by atoms with van der Waals surface area (Å²) >= 11 is 0. The average molecular weight is 332 g/mol. The van der Waals surface area contributed by atoms with Gasteiger partial charge in [0.25, 0.3) is 0 Å². The second kappa shape index (κ2) is 6.73. The lowest BCUT2D eigenvalue weighted by molar-refractivity contribution is 0.202. The second-order valence-electron chi connectivity index (χ2n) is 6.46. The second-order valence-corrected chi connectivity index (χ2v) is 6.46. The number of furan rings is 1. The van der Waals surface area contributed by atoms with E-state index in [2.05, 4.69) is 10.6 Å². The molecule has 1 aromatic carbocycles. The molecule has 1 unspecified atom stereocenters. The molecule has 0 aliphatic heterocycles. The van der Waals surface area contributed by atoms with Crippen LogP contribution in [0.3, 0.4) is 0 Å². The summed E-state index contributed by atoms with van der Waals surface area (Å²) in [5, 5.41) is 15.9. The zero-order valence-electron chi connectivity index (χ0n) is 14.1. The van der Waals surface area contributed by atoms with E-state index in [0.717, 1.165) is 18.2 Å². The number of amides is 2. The highest BCUT2D eigenvalue weighted by molar-refractivity contribution is 5.84. The predicted octanol–water partition coefficient (Wildman–Crippen LogP) is 2.96. The number of aliphatic hydroxyl groups excluding tert-OH is 1. The highest BCUT2D eigenvalue weighted by Gasteiger charge is 2.42. The third-order valence-electron chi connectivity index (χ3n) is 4.52. The zero-order chi connectivity index (χ0) is 17.2. The van der Waals surface area contributed by atoms with Crippen molar-refractivity contribution in [3.63, 3.8) is 0 Å². The van der Waals surface area contributed by atoms with Crippen LogP contribution in [-0.2, 0) is 0 Å². The number of aliphatic hydroxyl groups is 1. The van der Waals surface area contributed by atoms with Gasteiger partial charge in [0.15, 0.2) is 11.3 Å². The fraction of sp³-hybridized carbons (Fsp3) is 0.500. The van der Waals surface area contributed by atoms with Gasteiger partial charge in [-0.15, -0.1) is 0 Å². The number of urea groups is 1. The van der Waals surface area contributed by atoms with Crippen LogP contribution in [0.15, 0.2) is 28.7 Å². The molecule has 6 heteroatoms. The summed E-state index contributed by atoms with van der Waals surface area (Å²) in [7, 11) is 0. The van der Waals surface area contributed by atoms with Gasteiger partial charge < -0.3 is 24.9 Å². The predicted molar refractivity (Wildman–Crippen MR) is 91.1 cm³/mol. The Hall–Kier alpha value is -2.21. The molecule has 1 fully saturated rings. The Kier molecular flexibility index (Phi) is 4.66. The molecule has 130 valence electrons. The van der Waals surface area contributed by atoms with Crippen molar-refractivity contribution in [3.8, 4) is 5.75 Å². The molecule has 24 heavy (non-hydrogen) atoms.